The molecule has 0 saturated heterocycles. The number of hydrogen-bond acceptors (Lipinski definition) is 5. The number of halogens is 2. The minimum Gasteiger partial charge on any atom is -0.496 e. The lowest BCUT2D eigenvalue weighted by Crippen LogP contribution is -2.00. The van der Waals surface area contributed by atoms with Gasteiger partial charge in [-0.15, -0.1) is 11.3 Å². The third-order valence-electron chi connectivity index (χ3n) is 2.46. The van der Waals surface area contributed by atoms with Crippen molar-refractivity contribution in [1.29, 1.82) is 0 Å². The summed E-state index contributed by atoms with van der Waals surface area (Å²) in [7, 11) is 1.60. The molecule has 7 heteroatoms. The van der Waals surface area contributed by atoms with E-state index < -0.39 is 0 Å². The molecule has 2 rings (SSSR count). The molecule has 1 heterocycles. The van der Waals surface area contributed by atoms with Crippen LogP contribution in [0.3, 0.4) is 0 Å². The molecule has 1 aromatic carbocycles. The maximum atomic E-state index is 6.12. The van der Waals surface area contributed by atoms with Crippen LogP contribution in [0.4, 0.5) is 5.69 Å². The first-order chi connectivity index (χ1) is 9.13. The Bertz CT molecular complexity index is 599. The number of thiazole rings is 1. The van der Waals surface area contributed by atoms with Crippen LogP contribution in [0.2, 0.25) is 5.02 Å². The van der Waals surface area contributed by atoms with Gasteiger partial charge in [-0.05, 0) is 19.1 Å². The van der Waals surface area contributed by atoms with Crippen LogP contribution < -0.4 is 10.2 Å². The van der Waals surface area contributed by atoms with Crippen LogP contribution in [-0.2, 0) is 0 Å². The van der Waals surface area contributed by atoms with Crippen LogP contribution in [0.25, 0.3) is 0 Å². The summed E-state index contributed by atoms with van der Waals surface area (Å²) in [6.07, 6.45) is 1.67. The molecular formula is C12H11Cl2N3OS. The predicted octanol–water partition coefficient (Wildman–Crippen LogP) is 4.13. The molecule has 0 unspecified atom stereocenters. The second-order valence-electron chi connectivity index (χ2n) is 3.60. The first kappa shape index (κ1) is 14.1. The highest BCUT2D eigenvalue weighted by Crippen LogP contribution is 2.32. The summed E-state index contributed by atoms with van der Waals surface area (Å²) >= 11 is 13.6. The molecule has 0 saturated carbocycles. The summed E-state index contributed by atoms with van der Waals surface area (Å²) in [6.45, 7) is 1.89. The van der Waals surface area contributed by atoms with Gasteiger partial charge in [-0.25, -0.2) is 4.98 Å². The van der Waals surface area contributed by atoms with Crippen LogP contribution in [0.15, 0.2) is 28.8 Å². The van der Waals surface area contributed by atoms with Gasteiger partial charge in [0.15, 0.2) is 10.2 Å². The maximum Gasteiger partial charge on any atom is 0.185 e. The van der Waals surface area contributed by atoms with Crippen molar-refractivity contribution in [2.75, 3.05) is 12.5 Å². The van der Waals surface area contributed by atoms with E-state index in [1.165, 1.54) is 11.3 Å². The van der Waals surface area contributed by atoms with Gasteiger partial charge in [0.2, 0.25) is 0 Å². The minimum atomic E-state index is 0.285. The molecule has 0 bridgehead atoms. The van der Waals surface area contributed by atoms with Gasteiger partial charge in [-0.1, -0.05) is 23.2 Å². The third kappa shape index (κ3) is 3.18. The molecule has 0 aliphatic carbocycles. The zero-order chi connectivity index (χ0) is 13.8. The zero-order valence-electron chi connectivity index (χ0n) is 10.3. The van der Waals surface area contributed by atoms with Gasteiger partial charge in [0.05, 0.1) is 17.8 Å². The Labute approximate surface area is 125 Å². The molecule has 0 spiro atoms. The molecule has 0 fully saturated rings. The minimum absolute atomic E-state index is 0.285. The number of anilines is 1. The quantitative estimate of drug-likeness (QED) is 0.681. The second-order valence-corrected chi connectivity index (χ2v) is 5.26. The fourth-order valence-electron chi connectivity index (χ4n) is 1.50. The number of hydrazone groups is 1. The van der Waals surface area contributed by atoms with Crippen LogP contribution in [-0.4, -0.2) is 17.3 Å². The normalized spacial score (nSPS) is 11.5. The van der Waals surface area contributed by atoms with E-state index in [-0.39, 0.29) is 5.17 Å². The van der Waals surface area contributed by atoms with E-state index in [4.69, 9.17) is 27.9 Å². The summed E-state index contributed by atoms with van der Waals surface area (Å²) < 4.78 is 5.23. The predicted molar refractivity (Wildman–Crippen MR) is 80.9 cm³/mol. The molecule has 0 radical (unpaired) electrons. The zero-order valence-corrected chi connectivity index (χ0v) is 12.6. The Balaban J connectivity index is 2.27. The molecule has 0 aliphatic heterocycles. The van der Waals surface area contributed by atoms with Crippen LogP contribution >= 0.6 is 34.5 Å². The van der Waals surface area contributed by atoms with Gasteiger partial charge in [-0.2, -0.15) is 5.10 Å². The smallest absolute Gasteiger partial charge is 0.185 e. The number of rotatable bonds is 4. The summed E-state index contributed by atoms with van der Waals surface area (Å²) in [4.78, 5) is 4.07. The number of aromatic nitrogens is 1. The Morgan fingerprint density at radius 1 is 1.47 bits per heavy atom. The first-order valence-corrected chi connectivity index (χ1v) is 6.99. The molecule has 0 aliphatic rings. The average Bonchev–Trinajstić information content (AvgIpc) is 2.92. The van der Waals surface area contributed by atoms with Crippen LogP contribution in [0.5, 0.6) is 5.75 Å². The van der Waals surface area contributed by atoms with Crippen LogP contribution in [0.1, 0.15) is 10.6 Å². The lowest BCUT2D eigenvalue weighted by molar-refractivity contribution is 0.412. The fraction of sp³-hybridized carbons (Fsp3) is 0.167. The standard InChI is InChI=1S/C12H11Cl2N3OS/c1-7-9(18-2)4-3-8(13)10(7)16-17-11(14)12-15-5-6-19-12/h3-6,16H,1-2H3/b17-11-. The van der Waals surface area contributed by atoms with Crippen molar-refractivity contribution in [1.82, 2.24) is 4.98 Å². The fourth-order valence-corrected chi connectivity index (χ4v) is 2.48. The first-order valence-electron chi connectivity index (χ1n) is 5.35. The van der Waals surface area contributed by atoms with Crippen molar-refractivity contribution >= 4 is 45.4 Å². The Morgan fingerprint density at radius 3 is 2.89 bits per heavy atom. The third-order valence-corrected chi connectivity index (χ3v) is 3.93. The van der Waals surface area contributed by atoms with Crippen molar-refractivity contribution in [2.45, 2.75) is 6.92 Å². The summed E-state index contributed by atoms with van der Waals surface area (Å²) in [5.41, 5.74) is 4.38. The van der Waals surface area contributed by atoms with Crippen molar-refractivity contribution < 1.29 is 4.74 Å². The molecule has 4 nitrogen and oxygen atoms in total. The van der Waals surface area contributed by atoms with Crippen molar-refractivity contribution in [3.63, 3.8) is 0 Å². The van der Waals surface area contributed by atoms with Crippen molar-refractivity contribution in [2.24, 2.45) is 5.10 Å². The average molecular weight is 316 g/mol. The highest BCUT2D eigenvalue weighted by molar-refractivity contribution is 7.13. The molecule has 0 amide bonds. The van der Waals surface area contributed by atoms with Crippen molar-refractivity contribution in [3.8, 4) is 5.75 Å². The van der Waals surface area contributed by atoms with E-state index >= 15 is 0 Å². The molecular weight excluding hydrogens is 305 g/mol. The highest BCUT2D eigenvalue weighted by Gasteiger charge is 2.09. The monoisotopic (exact) mass is 315 g/mol. The highest BCUT2D eigenvalue weighted by atomic mass is 35.5. The van der Waals surface area contributed by atoms with Gasteiger partial charge < -0.3 is 4.74 Å². The SMILES string of the molecule is COc1ccc(Cl)c(N/N=C(\Cl)c2nccs2)c1C. The van der Waals surface area contributed by atoms with E-state index in [1.54, 1.807) is 25.4 Å². The number of methoxy groups -OCH3 is 1. The Hall–Kier alpha value is -1.30. The van der Waals surface area contributed by atoms with Gasteiger partial charge in [0.1, 0.15) is 5.75 Å². The number of nitrogens with zero attached hydrogens (tertiary/aromatic N) is 2. The van der Waals surface area contributed by atoms with Gasteiger partial charge >= 0.3 is 0 Å². The van der Waals surface area contributed by atoms with E-state index in [1.807, 2.05) is 12.3 Å². The molecule has 19 heavy (non-hydrogen) atoms. The number of hydrogen-bond donors (Lipinski definition) is 1. The number of benzene rings is 1. The van der Waals surface area contributed by atoms with Crippen molar-refractivity contribution in [3.05, 3.63) is 39.3 Å². The largest absolute Gasteiger partial charge is 0.496 e. The van der Waals surface area contributed by atoms with E-state index in [0.29, 0.717) is 15.7 Å². The summed E-state index contributed by atoms with van der Waals surface area (Å²) in [5, 5.41) is 7.38. The van der Waals surface area contributed by atoms with Gasteiger partial charge in [0, 0.05) is 17.1 Å². The molecule has 0 atom stereocenters. The molecule has 100 valence electrons. The molecule has 2 aromatic rings. The lowest BCUT2D eigenvalue weighted by atomic mass is 10.2. The summed E-state index contributed by atoms with van der Waals surface area (Å²) in [5.74, 6) is 0.729. The second kappa shape index (κ2) is 6.23. The van der Waals surface area contributed by atoms with Crippen LogP contribution in [0, 0.1) is 6.92 Å². The Morgan fingerprint density at radius 2 is 2.26 bits per heavy atom. The van der Waals surface area contributed by atoms with E-state index in [0.717, 1.165) is 11.3 Å². The maximum absolute atomic E-state index is 6.12. The van der Waals surface area contributed by atoms with Gasteiger partial charge in [0.25, 0.3) is 0 Å². The Kier molecular flexibility index (Phi) is 4.63. The number of ether oxygens (including phenoxy) is 1. The van der Waals surface area contributed by atoms with E-state index in [9.17, 15) is 0 Å². The summed E-state index contributed by atoms with van der Waals surface area (Å²) in [6, 6.07) is 3.54. The van der Waals surface area contributed by atoms with Gasteiger partial charge in [-0.3, -0.25) is 5.43 Å². The molecule has 1 aromatic heterocycles. The number of nitrogens with one attached hydrogen (secondary N) is 1. The molecule has 1 N–H and O–H groups in total. The lowest BCUT2D eigenvalue weighted by Gasteiger charge is -2.11. The van der Waals surface area contributed by atoms with E-state index in [2.05, 4.69) is 15.5 Å². The topological polar surface area (TPSA) is 46.5 Å².